The molecular weight excluding hydrogens is 280 g/mol. The van der Waals surface area contributed by atoms with E-state index in [9.17, 15) is 9.59 Å². The van der Waals surface area contributed by atoms with Gasteiger partial charge in [-0.3, -0.25) is 9.59 Å². The molecule has 17 heavy (non-hydrogen) atoms. The molecule has 1 aliphatic carbocycles. The summed E-state index contributed by atoms with van der Waals surface area (Å²) < 4.78 is 0. The van der Waals surface area contributed by atoms with Crippen LogP contribution in [-0.2, 0) is 0 Å². The van der Waals surface area contributed by atoms with Crippen LogP contribution >= 0.6 is 0 Å². The van der Waals surface area contributed by atoms with Crippen molar-refractivity contribution in [2.45, 2.75) is 0 Å². The van der Waals surface area contributed by atoms with E-state index in [1.165, 1.54) is 0 Å². The maximum absolute atomic E-state index is 12.1. The molecule has 3 rings (SSSR count). The molecule has 84 valence electrons. The molecule has 2 nitrogen and oxygen atoms in total. The highest BCUT2D eigenvalue weighted by atomic mass is 79.9. The number of hydrogen-bond acceptors (Lipinski definition) is 2. The first kappa shape index (κ1) is 11.7. The van der Waals surface area contributed by atoms with Gasteiger partial charge in [0.05, 0.1) is 0 Å². The van der Waals surface area contributed by atoms with E-state index < -0.39 is 0 Å². The van der Waals surface area contributed by atoms with Crippen LogP contribution in [0.2, 0.25) is 0 Å². The smallest absolute Gasteiger partial charge is 1.00 e. The van der Waals surface area contributed by atoms with Gasteiger partial charge >= 0.3 is 1.43 Å². The van der Waals surface area contributed by atoms with Crippen molar-refractivity contribution >= 4 is 11.6 Å². The normalized spacial score (nSPS) is 12.5. The van der Waals surface area contributed by atoms with Crippen LogP contribution in [0.5, 0.6) is 0 Å². The number of ketones is 2. The number of rotatable bonds is 0. The van der Waals surface area contributed by atoms with Crippen molar-refractivity contribution in [2.75, 3.05) is 0 Å². The molecule has 0 atom stereocenters. The SMILES string of the molecule is O=C1c2ccccc2C(=O)c2ccccc21.[Br-].[H+]. The predicted octanol–water partition coefficient (Wildman–Crippen LogP) is -0.422. The molecule has 2 aromatic rings. The predicted molar refractivity (Wildman–Crippen MR) is 60.9 cm³/mol. The summed E-state index contributed by atoms with van der Waals surface area (Å²) in [5.41, 5.74) is 2.02. The molecule has 0 aliphatic heterocycles. The first-order valence-electron chi connectivity index (χ1n) is 5.06. The summed E-state index contributed by atoms with van der Waals surface area (Å²) in [6.45, 7) is 0. The summed E-state index contributed by atoms with van der Waals surface area (Å²) in [7, 11) is 0. The number of carbonyl (C=O) groups excluding carboxylic acids is 2. The fraction of sp³-hybridized carbons (Fsp3) is 0. The largest absolute Gasteiger partial charge is 1.00 e. The number of hydrogen-bond donors (Lipinski definition) is 0. The fourth-order valence-corrected chi connectivity index (χ4v) is 2.05. The van der Waals surface area contributed by atoms with Gasteiger partial charge in [0, 0.05) is 22.3 Å². The van der Waals surface area contributed by atoms with Gasteiger partial charge < -0.3 is 17.0 Å². The summed E-state index contributed by atoms with van der Waals surface area (Å²) >= 11 is 0. The summed E-state index contributed by atoms with van der Waals surface area (Å²) in [6.07, 6.45) is 0. The number of benzene rings is 2. The van der Waals surface area contributed by atoms with Gasteiger partial charge in [0.1, 0.15) is 0 Å². The lowest BCUT2D eigenvalue weighted by atomic mass is 9.84. The van der Waals surface area contributed by atoms with Gasteiger partial charge in [-0.1, -0.05) is 48.5 Å². The number of carbonyl (C=O) groups is 2. The molecule has 0 saturated carbocycles. The summed E-state index contributed by atoms with van der Waals surface area (Å²) in [6, 6.07) is 13.9. The molecule has 0 radical (unpaired) electrons. The van der Waals surface area contributed by atoms with Crippen LogP contribution < -0.4 is 17.0 Å². The van der Waals surface area contributed by atoms with Gasteiger partial charge in [-0.05, 0) is 0 Å². The highest BCUT2D eigenvalue weighted by Crippen LogP contribution is 2.26. The van der Waals surface area contributed by atoms with E-state index >= 15 is 0 Å². The topological polar surface area (TPSA) is 34.1 Å². The fourth-order valence-electron chi connectivity index (χ4n) is 2.05. The maximum Gasteiger partial charge on any atom is 1.00 e. The summed E-state index contributed by atoms with van der Waals surface area (Å²) in [5.74, 6) is -0.128. The molecule has 3 heteroatoms. The Hall–Kier alpha value is -1.74. The molecule has 2 aromatic carbocycles. The van der Waals surface area contributed by atoms with Crippen molar-refractivity contribution in [3.63, 3.8) is 0 Å². The van der Waals surface area contributed by atoms with Crippen molar-refractivity contribution < 1.29 is 28.0 Å². The molecule has 0 saturated heterocycles. The van der Waals surface area contributed by atoms with Gasteiger partial charge in [0.25, 0.3) is 0 Å². The lowest BCUT2D eigenvalue weighted by molar-refractivity contribution is -0.0000171. The van der Waals surface area contributed by atoms with Crippen LogP contribution in [0.15, 0.2) is 48.5 Å². The third-order valence-electron chi connectivity index (χ3n) is 2.83. The lowest BCUT2D eigenvalue weighted by Crippen LogP contribution is -3.00. The molecule has 0 heterocycles. The second kappa shape index (κ2) is 4.26. The second-order valence-corrected chi connectivity index (χ2v) is 3.75. The van der Waals surface area contributed by atoms with Crippen molar-refractivity contribution in [1.82, 2.24) is 0 Å². The zero-order valence-electron chi connectivity index (χ0n) is 9.81. The molecule has 1 aliphatic rings. The Morgan fingerprint density at radius 3 is 1.06 bits per heavy atom. The summed E-state index contributed by atoms with van der Waals surface area (Å²) in [5, 5.41) is 0. The molecule has 0 bridgehead atoms. The van der Waals surface area contributed by atoms with Crippen LogP contribution in [-0.4, -0.2) is 11.6 Å². The van der Waals surface area contributed by atoms with Crippen molar-refractivity contribution in [1.29, 1.82) is 0 Å². The third-order valence-corrected chi connectivity index (χ3v) is 2.83. The van der Waals surface area contributed by atoms with Crippen LogP contribution in [0.3, 0.4) is 0 Å². The zero-order valence-corrected chi connectivity index (χ0v) is 10.4. The third kappa shape index (κ3) is 1.63. The summed E-state index contributed by atoms with van der Waals surface area (Å²) in [4.78, 5) is 24.2. The Labute approximate surface area is 111 Å². The van der Waals surface area contributed by atoms with Crippen molar-refractivity contribution in [3.8, 4) is 0 Å². The molecular formula is C14H9BrO2. The maximum atomic E-state index is 12.1. The molecule has 0 amide bonds. The van der Waals surface area contributed by atoms with Crippen LogP contribution in [0.4, 0.5) is 0 Å². The van der Waals surface area contributed by atoms with Crippen molar-refractivity contribution in [3.05, 3.63) is 70.8 Å². The monoisotopic (exact) mass is 288 g/mol. The molecule has 0 aromatic heterocycles. The number of halogens is 1. The van der Waals surface area contributed by atoms with Crippen LogP contribution in [0.25, 0.3) is 0 Å². The Balaban J connectivity index is 0.000000810. The lowest BCUT2D eigenvalue weighted by Gasteiger charge is -2.16. The van der Waals surface area contributed by atoms with E-state index in [4.69, 9.17) is 0 Å². The Kier molecular flexibility index (Phi) is 2.94. The highest BCUT2D eigenvalue weighted by Gasteiger charge is 2.28. The average molecular weight is 289 g/mol. The molecule has 0 fully saturated rings. The van der Waals surface area contributed by atoms with E-state index in [2.05, 4.69) is 0 Å². The van der Waals surface area contributed by atoms with Crippen LogP contribution in [0.1, 0.15) is 33.3 Å². The highest BCUT2D eigenvalue weighted by molar-refractivity contribution is 6.28. The van der Waals surface area contributed by atoms with Gasteiger partial charge in [-0.25, -0.2) is 0 Å². The second-order valence-electron chi connectivity index (χ2n) is 3.75. The number of fused-ring (bicyclic) bond motifs is 2. The van der Waals surface area contributed by atoms with E-state index in [1.54, 1.807) is 48.5 Å². The van der Waals surface area contributed by atoms with E-state index in [0.29, 0.717) is 22.3 Å². The standard InChI is InChI=1S/C14H8O2.BrH/c15-13-9-5-1-2-6-10(9)14(16)12-8-4-3-7-11(12)13;/h1-8H;1H. The Morgan fingerprint density at radius 2 is 0.824 bits per heavy atom. The first-order valence-corrected chi connectivity index (χ1v) is 5.06. The quantitative estimate of drug-likeness (QED) is 0.563. The van der Waals surface area contributed by atoms with Gasteiger partial charge in [-0.15, -0.1) is 0 Å². The van der Waals surface area contributed by atoms with E-state index in [0.717, 1.165) is 0 Å². The van der Waals surface area contributed by atoms with Gasteiger partial charge in [-0.2, -0.15) is 0 Å². The van der Waals surface area contributed by atoms with Gasteiger partial charge in [0.2, 0.25) is 0 Å². The van der Waals surface area contributed by atoms with Gasteiger partial charge in [0.15, 0.2) is 11.6 Å². The van der Waals surface area contributed by atoms with Crippen LogP contribution in [0, 0.1) is 0 Å². The zero-order chi connectivity index (χ0) is 11.1. The molecule has 0 unspecified atom stereocenters. The Morgan fingerprint density at radius 1 is 0.588 bits per heavy atom. The first-order chi connectivity index (χ1) is 7.79. The minimum absolute atomic E-state index is 0. The molecule has 0 spiro atoms. The van der Waals surface area contributed by atoms with Crippen molar-refractivity contribution in [2.24, 2.45) is 0 Å². The average Bonchev–Trinajstić information content (AvgIpc) is 2.36. The van der Waals surface area contributed by atoms with E-state index in [1.807, 2.05) is 0 Å². The molecule has 0 N–H and O–H groups in total. The minimum atomic E-state index is -0.0641. The van der Waals surface area contributed by atoms with E-state index in [-0.39, 0.29) is 30.0 Å². The Bertz CT molecular complexity index is 517. The minimum Gasteiger partial charge on any atom is -1.00 e.